The predicted molar refractivity (Wildman–Crippen MR) is 74.1 cm³/mol. The van der Waals surface area contributed by atoms with Crippen LogP contribution in [-0.2, 0) is 24.7 Å². The van der Waals surface area contributed by atoms with Gasteiger partial charge in [-0.3, -0.25) is 4.79 Å². The van der Waals surface area contributed by atoms with Crippen molar-refractivity contribution in [3.05, 3.63) is 41.2 Å². The first-order valence-electron chi connectivity index (χ1n) is 6.36. The Bertz CT molecular complexity index is 597. The first-order valence-corrected chi connectivity index (χ1v) is 6.36. The molecule has 1 heterocycles. The normalized spacial score (nSPS) is 10.7. The number of hydrogen-bond donors (Lipinski definition) is 1. The van der Waals surface area contributed by atoms with Gasteiger partial charge in [0.25, 0.3) is 0 Å². The Balaban J connectivity index is 2.41. The predicted octanol–water partition coefficient (Wildman–Crippen LogP) is 2.59. The fraction of sp³-hybridized carbons (Fsp3) is 0.333. The summed E-state index contributed by atoms with van der Waals surface area (Å²) in [5.74, 6) is -0.0366. The molecule has 0 saturated carbocycles. The van der Waals surface area contributed by atoms with Gasteiger partial charge in [-0.2, -0.15) is 0 Å². The van der Waals surface area contributed by atoms with Crippen molar-refractivity contribution in [1.82, 2.24) is 9.55 Å². The SMILES string of the molecule is CCc1ccc(-c2nc(CC(=O)O)c(C)n2C)cc1. The van der Waals surface area contributed by atoms with Gasteiger partial charge in [0, 0.05) is 18.3 Å². The number of rotatable bonds is 4. The van der Waals surface area contributed by atoms with Crippen molar-refractivity contribution in [2.24, 2.45) is 7.05 Å². The van der Waals surface area contributed by atoms with E-state index in [2.05, 4.69) is 24.0 Å². The van der Waals surface area contributed by atoms with Gasteiger partial charge in [-0.25, -0.2) is 4.98 Å². The zero-order valence-corrected chi connectivity index (χ0v) is 11.5. The van der Waals surface area contributed by atoms with Crippen molar-refractivity contribution in [2.45, 2.75) is 26.7 Å². The van der Waals surface area contributed by atoms with Crippen LogP contribution in [0, 0.1) is 6.92 Å². The molecule has 100 valence electrons. The summed E-state index contributed by atoms with van der Waals surface area (Å²) in [6.45, 7) is 4.01. The molecule has 0 spiro atoms. The number of aromatic nitrogens is 2. The molecule has 0 bridgehead atoms. The molecule has 0 aliphatic rings. The third-order valence-corrected chi connectivity index (χ3v) is 3.42. The first-order chi connectivity index (χ1) is 9.02. The number of carboxylic acids is 1. The third kappa shape index (κ3) is 2.67. The topological polar surface area (TPSA) is 55.1 Å². The van der Waals surface area contributed by atoms with Crippen molar-refractivity contribution >= 4 is 5.97 Å². The highest BCUT2D eigenvalue weighted by molar-refractivity contribution is 5.70. The van der Waals surface area contributed by atoms with E-state index in [0.29, 0.717) is 5.69 Å². The van der Waals surface area contributed by atoms with Gasteiger partial charge in [-0.15, -0.1) is 0 Å². The highest BCUT2D eigenvalue weighted by atomic mass is 16.4. The summed E-state index contributed by atoms with van der Waals surface area (Å²) in [6.07, 6.45) is 0.969. The molecule has 2 aromatic rings. The number of hydrogen-bond acceptors (Lipinski definition) is 2. The molecule has 0 aliphatic carbocycles. The molecular formula is C15H18N2O2. The first kappa shape index (κ1) is 13.3. The molecule has 0 radical (unpaired) electrons. The van der Waals surface area contributed by atoms with Crippen LogP contribution in [0.1, 0.15) is 23.9 Å². The van der Waals surface area contributed by atoms with Crippen molar-refractivity contribution in [1.29, 1.82) is 0 Å². The van der Waals surface area contributed by atoms with Crippen LogP contribution in [-0.4, -0.2) is 20.6 Å². The van der Waals surface area contributed by atoms with Gasteiger partial charge in [-0.1, -0.05) is 31.2 Å². The summed E-state index contributed by atoms with van der Waals surface area (Å²) in [6, 6.07) is 8.22. The van der Waals surface area contributed by atoms with Crippen molar-refractivity contribution in [2.75, 3.05) is 0 Å². The Morgan fingerprint density at radius 3 is 2.47 bits per heavy atom. The summed E-state index contributed by atoms with van der Waals surface area (Å²) >= 11 is 0. The van der Waals surface area contributed by atoms with E-state index in [1.54, 1.807) is 0 Å². The molecular weight excluding hydrogens is 240 g/mol. The molecule has 0 fully saturated rings. The van der Waals surface area contributed by atoms with Crippen LogP contribution in [0.2, 0.25) is 0 Å². The quantitative estimate of drug-likeness (QED) is 0.917. The minimum absolute atomic E-state index is 0.0350. The maximum Gasteiger partial charge on any atom is 0.309 e. The number of aliphatic carboxylic acids is 1. The third-order valence-electron chi connectivity index (χ3n) is 3.42. The van der Waals surface area contributed by atoms with Gasteiger partial charge < -0.3 is 9.67 Å². The fourth-order valence-electron chi connectivity index (χ4n) is 2.09. The highest BCUT2D eigenvalue weighted by Gasteiger charge is 2.14. The van der Waals surface area contributed by atoms with E-state index in [9.17, 15) is 4.79 Å². The van der Waals surface area contributed by atoms with Crippen LogP contribution in [0.5, 0.6) is 0 Å². The Labute approximate surface area is 112 Å². The van der Waals surface area contributed by atoms with Crippen LogP contribution in [0.4, 0.5) is 0 Å². The Kier molecular flexibility index (Phi) is 3.69. The second kappa shape index (κ2) is 5.26. The smallest absolute Gasteiger partial charge is 0.309 e. The zero-order valence-electron chi connectivity index (χ0n) is 11.5. The zero-order chi connectivity index (χ0) is 14.0. The molecule has 4 nitrogen and oxygen atoms in total. The van der Waals surface area contributed by atoms with E-state index in [0.717, 1.165) is 23.5 Å². The molecule has 1 aromatic carbocycles. The summed E-state index contributed by atoms with van der Waals surface area (Å²) in [5, 5.41) is 8.88. The van der Waals surface area contributed by atoms with Crippen molar-refractivity contribution < 1.29 is 9.90 Å². The van der Waals surface area contributed by atoms with Gasteiger partial charge in [0.05, 0.1) is 12.1 Å². The number of aryl methyl sites for hydroxylation is 1. The van der Waals surface area contributed by atoms with E-state index in [-0.39, 0.29) is 6.42 Å². The lowest BCUT2D eigenvalue weighted by Crippen LogP contribution is -2.02. The Morgan fingerprint density at radius 2 is 1.95 bits per heavy atom. The molecule has 0 atom stereocenters. The molecule has 1 N–H and O–H groups in total. The molecule has 1 aromatic heterocycles. The number of carbonyl (C=O) groups is 1. The summed E-state index contributed by atoms with van der Waals surface area (Å²) < 4.78 is 1.94. The second-order valence-corrected chi connectivity index (χ2v) is 4.65. The van der Waals surface area contributed by atoms with Crippen LogP contribution >= 0.6 is 0 Å². The van der Waals surface area contributed by atoms with Gasteiger partial charge in [0.15, 0.2) is 0 Å². The number of carboxylic acid groups (broad SMARTS) is 1. The largest absolute Gasteiger partial charge is 0.481 e. The van der Waals surface area contributed by atoms with E-state index in [1.807, 2.05) is 30.7 Å². The van der Waals surface area contributed by atoms with Crippen LogP contribution in [0.15, 0.2) is 24.3 Å². The van der Waals surface area contributed by atoms with Gasteiger partial charge in [0.1, 0.15) is 5.82 Å². The maximum atomic E-state index is 10.8. The fourth-order valence-corrected chi connectivity index (χ4v) is 2.09. The maximum absolute atomic E-state index is 10.8. The average Bonchev–Trinajstić information content (AvgIpc) is 2.67. The lowest BCUT2D eigenvalue weighted by Gasteiger charge is -2.04. The van der Waals surface area contributed by atoms with Gasteiger partial charge in [-0.05, 0) is 18.9 Å². The molecule has 4 heteroatoms. The lowest BCUT2D eigenvalue weighted by atomic mass is 10.1. The van der Waals surface area contributed by atoms with E-state index < -0.39 is 5.97 Å². The van der Waals surface area contributed by atoms with Crippen molar-refractivity contribution in [3.8, 4) is 11.4 Å². The number of nitrogens with zero attached hydrogens (tertiary/aromatic N) is 2. The molecule has 0 aliphatic heterocycles. The van der Waals surface area contributed by atoms with Crippen LogP contribution in [0.3, 0.4) is 0 Å². The van der Waals surface area contributed by atoms with E-state index in [4.69, 9.17) is 5.11 Å². The van der Waals surface area contributed by atoms with Gasteiger partial charge in [0.2, 0.25) is 0 Å². The lowest BCUT2D eigenvalue weighted by molar-refractivity contribution is -0.136. The molecule has 0 unspecified atom stereocenters. The summed E-state index contributed by atoms with van der Waals surface area (Å²) in [7, 11) is 1.91. The summed E-state index contributed by atoms with van der Waals surface area (Å²) in [5.41, 5.74) is 3.82. The minimum atomic E-state index is -0.853. The monoisotopic (exact) mass is 258 g/mol. The second-order valence-electron chi connectivity index (χ2n) is 4.65. The number of benzene rings is 1. The number of imidazole rings is 1. The molecule has 19 heavy (non-hydrogen) atoms. The van der Waals surface area contributed by atoms with Crippen molar-refractivity contribution in [3.63, 3.8) is 0 Å². The van der Waals surface area contributed by atoms with Gasteiger partial charge >= 0.3 is 5.97 Å². The molecule has 0 amide bonds. The highest BCUT2D eigenvalue weighted by Crippen LogP contribution is 2.22. The van der Waals surface area contributed by atoms with E-state index >= 15 is 0 Å². The van der Waals surface area contributed by atoms with Crippen LogP contribution < -0.4 is 0 Å². The van der Waals surface area contributed by atoms with Crippen LogP contribution in [0.25, 0.3) is 11.4 Å². The Morgan fingerprint density at radius 1 is 1.32 bits per heavy atom. The Hall–Kier alpha value is -2.10. The molecule has 2 rings (SSSR count). The average molecular weight is 258 g/mol. The summed E-state index contributed by atoms with van der Waals surface area (Å²) in [4.78, 5) is 15.3. The standard InChI is InChI=1S/C15H18N2O2/c1-4-11-5-7-12(8-6-11)15-16-13(9-14(18)19)10(2)17(15)3/h5-8H,4,9H2,1-3H3,(H,18,19). The van der Waals surface area contributed by atoms with E-state index in [1.165, 1.54) is 5.56 Å². The molecule has 0 saturated heterocycles. The minimum Gasteiger partial charge on any atom is -0.481 e.